The first-order chi connectivity index (χ1) is 16.4. The van der Waals surface area contributed by atoms with Gasteiger partial charge in [0.15, 0.2) is 23.0 Å². The molecule has 2 aliphatic rings. The minimum Gasteiger partial charge on any atom is -0.493 e. The number of hydrogen-bond acceptors (Lipinski definition) is 6. The third-order valence-electron chi connectivity index (χ3n) is 6.95. The van der Waals surface area contributed by atoms with Gasteiger partial charge in [-0.25, -0.2) is 0 Å². The Morgan fingerprint density at radius 1 is 0.853 bits per heavy atom. The Kier molecular flexibility index (Phi) is 7.03. The molecule has 0 aromatic heterocycles. The Bertz CT molecular complexity index is 1130. The molecule has 0 saturated carbocycles. The average Bonchev–Trinajstić information content (AvgIpc) is 3.34. The fourth-order valence-electron chi connectivity index (χ4n) is 5.22. The smallest absolute Gasteiger partial charge is 0.303 e. The summed E-state index contributed by atoms with van der Waals surface area (Å²) >= 11 is 0. The van der Waals surface area contributed by atoms with Crippen LogP contribution < -0.4 is 18.9 Å². The lowest BCUT2D eigenvalue weighted by Gasteiger charge is -2.33. The maximum atomic E-state index is 9.37. The molecule has 2 aliphatic heterocycles. The predicted octanol–water partition coefficient (Wildman–Crippen LogP) is 5.03. The van der Waals surface area contributed by atoms with Gasteiger partial charge < -0.3 is 24.1 Å². The number of benzene rings is 3. The highest BCUT2D eigenvalue weighted by atomic mass is 16.5. The first-order valence-electron chi connectivity index (χ1n) is 11.7. The first-order valence-corrected chi connectivity index (χ1v) is 11.7. The maximum absolute atomic E-state index is 9.37. The van der Waals surface area contributed by atoms with Crippen LogP contribution in [0.25, 0.3) is 21.5 Å². The predicted molar refractivity (Wildman–Crippen MR) is 133 cm³/mol. The quantitative estimate of drug-likeness (QED) is 0.528. The van der Waals surface area contributed by atoms with E-state index in [1.54, 1.807) is 35.4 Å². The molecule has 0 amide bonds. The molecule has 2 heterocycles. The van der Waals surface area contributed by atoms with Crippen LogP contribution in [0.1, 0.15) is 37.3 Å². The van der Waals surface area contributed by atoms with Crippen LogP contribution in [0.4, 0.5) is 0 Å². The van der Waals surface area contributed by atoms with Crippen LogP contribution in [0.3, 0.4) is 0 Å². The van der Waals surface area contributed by atoms with Crippen molar-refractivity contribution in [1.29, 1.82) is 0 Å². The standard InChI is InChI=1S/C24H27NO4.C3H6O2/c1-26-21-9-16-15-8-14-6-5-7-25(14)13-20(15)19-12-24(29-4)23(28-3)11-18(19)17(16)10-22(21)27-2;1-2-3(4)5/h9-12,14H,5-8,13H2,1-4H3;2H2,1H3,(H,4,5). The average molecular weight is 468 g/mol. The number of fused-ring (bicyclic) bond motifs is 7. The van der Waals surface area contributed by atoms with Crippen LogP contribution in [-0.2, 0) is 17.8 Å². The maximum Gasteiger partial charge on any atom is 0.303 e. The molecule has 0 aliphatic carbocycles. The van der Waals surface area contributed by atoms with Crippen molar-refractivity contribution >= 4 is 27.5 Å². The normalized spacial score (nSPS) is 16.9. The van der Waals surface area contributed by atoms with Gasteiger partial charge >= 0.3 is 5.97 Å². The number of hydrogen-bond donors (Lipinski definition) is 1. The third-order valence-corrected chi connectivity index (χ3v) is 6.95. The zero-order valence-corrected chi connectivity index (χ0v) is 20.6. The zero-order valence-electron chi connectivity index (χ0n) is 20.6. The van der Waals surface area contributed by atoms with Crippen LogP contribution in [-0.4, -0.2) is 57.0 Å². The Balaban J connectivity index is 0.000000499. The molecule has 0 bridgehead atoms. The van der Waals surface area contributed by atoms with Crippen molar-refractivity contribution in [2.24, 2.45) is 0 Å². The van der Waals surface area contributed by atoms with Crippen molar-refractivity contribution in [3.63, 3.8) is 0 Å². The molecule has 7 nitrogen and oxygen atoms in total. The van der Waals surface area contributed by atoms with E-state index in [0.717, 1.165) is 41.3 Å². The number of rotatable bonds is 5. The highest BCUT2D eigenvalue weighted by Gasteiger charge is 2.32. The summed E-state index contributed by atoms with van der Waals surface area (Å²) in [6.07, 6.45) is 3.85. The van der Waals surface area contributed by atoms with Crippen molar-refractivity contribution in [2.75, 3.05) is 35.0 Å². The van der Waals surface area contributed by atoms with Crippen molar-refractivity contribution in [3.05, 3.63) is 35.4 Å². The summed E-state index contributed by atoms with van der Waals surface area (Å²) in [5.74, 6) is 2.28. The lowest BCUT2D eigenvalue weighted by atomic mass is 9.85. The van der Waals surface area contributed by atoms with E-state index in [0.29, 0.717) is 6.04 Å². The van der Waals surface area contributed by atoms with Gasteiger partial charge in [-0.1, -0.05) is 6.92 Å². The van der Waals surface area contributed by atoms with Crippen molar-refractivity contribution in [1.82, 2.24) is 4.90 Å². The van der Waals surface area contributed by atoms with Gasteiger partial charge in [-0.15, -0.1) is 0 Å². The fraction of sp³-hybridized carbons (Fsp3) is 0.444. The van der Waals surface area contributed by atoms with Gasteiger partial charge in [-0.2, -0.15) is 0 Å². The van der Waals surface area contributed by atoms with Crippen molar-refractivity contribution in [3.8, 4) is 23.0 Å². The van der Waals surface area contributed by atoms with E-state index in [-0.39, 0.29) is 6.42 Å². The summed E-state index contributed by atoms with van der Waals surface area (Å²) in [5.41, 5.74) is 2.84. The van der Waals surface area contributed by atoms with Crippen LogP contribution in [0.15, 0.2) is 24.3 Å². The summed E-state index contributed by atoms with van der Waals surface area (Å²) < 4.78 is 22.5. The van der Waals surface area contributed by atoms with E-state index in [9.17, 15) is 4.79 Å². The SMILES string of the molecule is CCC(=O)O.COc1cc2c3c(c4cc(OC)c(OC)cc4c2cc1OC)CN1CCCC1C3. The van der Waals surface area contributed by atoms with Crippen molar-refractivity contribution < 1.29 is 28.8 Å². The molecule has 34 heavy (non-hydrogen) atoms. The largest absolute Gasteiger partial charge is 0.493 e. The van der Waals surface area contributed by atoms with E-state index in [4.69, 9.17) is 24.1 Å². The van der Waals surface area contributed by atoms with Gasteiger partial charge in [0, 0.05) is 19.0 Å². The van der Waals surface area contributed by atoms with Crippen LogP contribution in [0.5, 0.6) is 23.0 Å². The van der Waals surface area contributed by atoms with E-state index in [1.165, 1.54) is 46.7 Å². The highest BCUT2D eigenvalue weighted by molar-refractivity contribution is 6.12. The van der Waals surface area contributed by atoms with Gasteiger partial charge in [-0.05, 0) is 82.7 Å². The molecular weight excluding hydrogens is 434 g/mol. The van der Waals surface area contributed by atoms with Crippen LogP contribution >= 0.6 is 0 Å². The summed E-state index contributed by atoms with van der Waals surface area (Å²) in [4.78, 5) is 12.0. The molecule has 0 spiro atoms. The molecule has 182 valence electrons. The molecule has 7 heteroatoms. The summed E-state index contributed by atoms with van der Waals surface area (Å²) in [7, 11) is 6.76. The number of aliphatic carboxylic acids is 1. The molecule has 0 radical (unpaired) electrons. The van der Waals surface area contributed by atoms with Gasteiger partial charge in [-0.3, -0.25) is 9.69 Å². The summed E-state index contributed by atoms with van der Waals surface area (Å²) in [5, 5.41) is 12.5. The van der Waals surface area contributed by atoms with Gasteiger partial charge in [0.1, 0.15) is 0 Å². The van der Waals surface area contributed by atoms with Gasteiger partial charge in [0.25, 0.3) is 0 Å². The third kappa shape index (κ3) is 4.20. The zero-order chi connectivity index (χ0) is 24.4. The molecule has 1 saturated heterocycles. The van der Waals surface area contributed by atoms with E-state index < -0.39 is 5.97 Å². The van der Waals surface area contributed by atoms with Crippen LogP contribution in [0, 0.1) is 0 Å². The van der Waals surface area contributed by atoms with Gasteiger partial charge in [0.05, 0.1) is 28.4 Å². The van der Waals surface area contributed by atoms with E-state index >= 15 is 0 Å². The Labute approximate surface area is 200 Å². The summed E-state index contributed by atoms with van der Waals surface area (Å²) in [6, 6.07) is 9.12. The molecule has 3 aromatic rings. The number of carbonyl (C=O) groups is 1. The molecule has 5 rings (SSSR count). The van der Waals surface area contributed by atoms with E-state index in [2.05, 4.69) is 29.2 Å². The molecule has 1 fully saturated rings. The minimum absolute atomic E-state index is 0.222. The molecule has 1 N–H and O–H groups in total. The molecule has 1 unspecified atom stereocenters. The second-order valence-corrected chi connectivity index (χ2v) is 8.68. The number of carboxylic acids is 1. The monoisotopic (exact) mass is 467 g/mol. The highest BCUT2D eigenvalue weighted by Crippen LogP contribution is 2.46. The van der Waals surface area contributed by atoms with E-state index in [1.807, 2.05) is 0 Å². The second-order valence-electron chi connectivity index (χ2n) is 8.68. The lowest BCUT2D eigenvalue weighted by molar-refractivity contribution is -0.136. The Morgan fingerprint density at radius 3 is 1.74 bits per heavy atom. The number of carboxylic acid groups (broad SMARTS) is 1. The first kappa shape index (κ1) is 24.0. The minimum atomic E-state index is -0.745. The van der Waals surface area contributed by atoms with Crippen LogP contribution in [0.2, 0.25) is 0 Å². The number of methoxy groups -OCH3 is 4. The molecule has 1 atom stereocenters. The fourth-order valence-corrected chi connectivity index (χ4v) is 5.22. The van der Waals surface area contributed by atoms with Gasteiger partial charge in [0.2, 0.25) is 0 Å². The summed E-state index contributed by atoms with van der Waals surface area (Å²) in [6.45, 7) is 3.77. The number of ether oxygens (including phenoxy) is 4. The lowest BCUT2D eigenvalue weighted by Crippen LogP contribution is -2.35. The topological polar surface area (TPSA) is 77.5 Å². The van der Waals surface area contributed by atoms with Crippen molar-refractivity contribution in [2.45, 2.75) is 45.2 Å². The number of nitrogens with zero attached hydrogens (tertiary/aromatic N) is 1. The Hall–Kier alpha value is -3.19. The Morgan fingerprint density at radius 2 is 1.29 bits per heavy atom. The second kappa shape index (κ2) is 9.97. The molecular formula is C27H33NO6. The molecule has 3 aromatic carbocycles.